The maximum absolute atomic E-state index is 13.4. The van der Waals surface area contributed by atoms with E-state index in [0.717, 1.165) is 38.0 Å². The Morgan fingerprint density at radius 1 is 1.22 bits per heavy atom. The van der Waals surface area contributed by atoms with Crippen molar-refractivity contribution >= 4 is 5.69 Å². The first-order valence-corrected chi connectivity index (χ1v) is 6.99. The molecule has 1 aromatic rings. The fourth-order valence-electron chi connectivity index (χ4n) is 3.38. The van der Waals surface area contributed by atoms with Crippen LogP contribution in [-0.4, -0.2) is 18.6 Å². The highest BCUT2D eigenvalue weighted by atomic mass is 19.1. The predicted molar refractivity (Wildman–Crippen MR) is 72.3 cm³/mol. The third-order valence-corrected chi connectivity index (χ3v) is 4.39. The second-order valence-electron chi connectivity index (χ2n) is 5.87. The molecule has 98 valence electrons. The van der Waals surface area contributed by atoms with Gasteiger partial charge in [0.05, 0.1) is 0 Å². The van der Waals surface area contributed by atoms with Crippen molar-refractivity contribution in [3.05, 3.63) is 29.6 Å². The second kappa shape index (κ2) is 4.54. The minimum atomic E-state index is -0.143. The number of anilines is 1. The molecule has 0 unspecified atom stereocenters. The Morgan fingerprint density at radius 2 is 2.00 bits per heavy atom. The maximum Gasteiger partial charge on any atom is 0.125 e. The summed E-state index contributed by atoms with van der Waals surface area (Å²) in [5.74, 6) is -0.143. The molecule has 18 heavy (non-hydrogen) atoms. The number of fused-ring (bicyclic) bond motifs is 1. The van der Waals surface area contributed by atoms with E-state index >= 15 is 0 Å². The Kier molecular flexibility index (Phi) is 3.02. The van der Waals surface area contributed by atoms with Crippen molar-refractivity contribution in [1.29, 1.82) is 0 Å². The molecule has 3 heteroatoms. The molecule has 1 aliphatic carbocycles. The standard InChI is InChI=1S/C15H21FN2/c16-13-5-4-12-6-9-18(14(12)10-13)11-15(17)7-2-1-3-8-15/h4-5,10H,1-3,6-9,11,17H2. The van der Waals surface area contributed by atoms with E-state index in [1.165, 1.54) is 24.8 Å². The summed E-state index contributed by atoms with van der Waals surface area (Å²) < 4.78 is 13.4. The first-order valence-electron chi connectivity index (χ1n) is 6.99. The normalized spacial score (nSPS) is 22.0. The zero-order chi connectivity index (χ0) is 12.6. The van der Waals surface area contributed by atoms with Gasteiger partial charge in [-0.3, -0.25) is 0 Å². The predicted octanol–water partition coefficient (Wildman–Crippen LogP) is 2.85. The molecule has 0 radical (unpaired) electrons. The van der Waals surface area contributed by atoms with Crippen molar-refractivity contribution in [2.45, 2.75) is 44.1 Å². The van der Waals surface area contributed by atoms with Crippen LogP contribution in [0, 0.1) is 5.82 Å². The Bertz CT molecular complexity index is 438. The smallest absolute Gasteiger partial charge is 0.125 e. The van der Waals surface area contributed by atoms with E-state index < -0.39 is 0 Å². The molecular formula is C15H21FN2. The number of rotatable bonds is 2. The lowest BCUT2D eigenvalue weighted by Crippen LogP contribution is -2.51. The highest BCUT2D eigenvalue weighted by Crippen LogP contribution is 2.33. The fraction of sp³-hybridized carbons (Fsp3) is 0.600. The van der Waals surface area contributed by atoms with Gasteiger partial charge in [-0.1, -0.05) is 25.3 Å². The number of hydrogen-bond acceptors (Lipinski definition) is 2. The summed E-state index contributed by atoms with van der Waals surface area (Å²) in [4.78, 5) is 2.28. The highest BCUT2D eigenvalue weighted by Gasteiger charge is 2.32. The van der Waals surface area contributed by atoms with Crippen molar-refractivity contribution in [1.82, 2.24) is 0 Å². The molecule has 0 amide bonds. The quantitative estimate of drug-likeness (QED) is 0.872. The second-order valence-corrected chi connectivity index (χ2v) is 5.87. The summed E-state index contributed by atoms with van der Waals surface area (Å²) in [6.45, 7) is 1.86. The van der Waals surface area contributed by atoms with Crippen LogP contribution in [0.3, 0.4) is 0 Å². The van der Waals surface area contributed by atoms with Crippen LogP contribution in [-0.2, 0) is 6.42 Å². The van der Waals surface area contributed by atoms with Crippen LogP contribution < -0.4 is 10.6 Å². The van der Waals surface area contributed by atoms with Crippen LogP contribution in [0.1, 0.15) is 37.7 Å². The average Bonchev–Trinajstić information content (AvgIpc) is 2.72. The Hall–Kier alpha value is -1.09. The molecule has 1 fully saturated rings. The lowest BCUT2D eigenvalue weighted by Gasteiger charge is -2.37. The van der Waals surface area contributed by atoms with Crippen LogP contribution in [0.15, 0.2) is 18.2 Å². The third-order valence-electron chi connectivity index (χ3n) is 4.39. The first kappa shape index (κ1) is 12.0. The Balaban J connectivity index is 1.77. The summed E-state index contributed by atoms with van der Waals surface area (Å²) in [5, 5.41) is 0. The molecule has 1 aliphatic heterocycles. The van der Waals surface area contributed by atoms with Crippen LogP contribution >= 0.6 is 0 Å². The zero-order valence-electron chi connectivity index (χ0n) is 10.8. The number of nitrogens with zero attached hydrogens (tertiary/aromatic N) is 1. The molecule has 0 spiro atoms. The number of halogens is 1. The molecule has 1 heterocycles. The largest absolute Gasteiger partial charge is 0.369 e. The molecule has 3 rings (SSSR count). The van der Waals surface area contributed by atoms with Crippen molar-refractivity contribution < 1.29 is 4.39 Å². The van der Waals surface area contributed by atoms with Gasteiger partial charge >= 0.3 is 0 Å². The van der Waals surface area contributed by atoms with E-state index in [9.17, 15) is 4.39 Å². The van der Waals surface area contributed by atoms with E-state index in [-0.39, 0.29) is 11.4 Å². The van der Waals surface area contributed by atoms with Gasteiger partial charge in [-0.25, -0.2) is 4.39 Å². The topological polar surface area (TPSA) is 29.3 Å². The van der Waals surface area contributed by atoms with Gasteiger partial charge in [0.25, 0.3) is 0 Å². The molecule has 1 aromatic carbocycles. The molecule has 2 N–H and O–H groups in total. The molecule has 2 aliphatic rings. The lowest BCUT2D eigenvalue weighted by molar-refractivity contribution is 0.299. The number of benzene rings is 1. The molecular weight excluding hydrogens is 227 g/mol. The number of nitrogens with two attached hydrogens (primary N) is 1. The van der Waals surface area contributed by atoms with Crippen LogP contribution in [0.25, 0.3) is 0 Å². The minimum absolute atomic E-state index is 0.0633. The van der Waals surface area contributed by atoms with E-state index in [2.05, 4.69) is 4.90 Å². The first-order chi connectivity index (χ1) is 8.66. The summed E-state index contributed by atoms with van der Waals surface area (Å²) >= 11 is 0. The molecule has 0 atom stereocenters. The van der Waals surface area contributed by atoms with Gasteiger partial charge in [-0.2, -0.15) is 0 Å². The van der Waals surface area contributed by atoms with Gasteiger partial charge in [0, 0.05) is 24.3 Å². The maximum atomic E-state index is 13.4. The number of hydrogen-bond donors (Lipinski definition) is 1. The van der Waals surface area contributed by atoms with Gasteiger partial charge < -0.3 is 10.6 Å². The van der Waals surface area contributed by atoms with Crippen molar-refractivity contribution in [2.75, 3.05) is 18.0 Å². The average molecular weight is 248 g/mol. The van der Waals surface area contributed by atoms with Crippen molar-refractivity contribution in [3.63, 3.8) is 0 Å². The highest BCUT2D eigenvalue weighted by molar-refractivity contribution is 5.58. The molecule has 0 bridgehead atoms. The zero-order valence-corrected chi connectivity index (χ0v) is 10.8. The van der Waals surface area contributed by atoms with E-state index in [1.807, 2.05) is 6.07 Å². The van der Waals surface area contributed by atoms with Gasteiger partial charge in [0.2, 0.25) is 0 Å². The monoisotopic (exact) mass is 248 g/mol. The lowest BCUT2D eigenvalue weighted by atomic mass is 9.82. The van der Waals surface area contributed by atoms with Gasteiger partial charge in [-0.15, -0.1) is 0 Å². The van der Waals surface area contributed by atoms with Crippen LogP contribution in [0.4, 0.5) is 10.1 Å². The third kappa shape index (κ3) is 2.24. The molecule has 0 saturated heterocycles. The fourth-order valence-corrected chi connectivity index (χ4v) is 3.38. The summed E-state index contributed by atoms with van der Waals surface area (Å²) in [5.41, 5.74) is 8.76. The SMILES string of the molecule is NC1(CN2CCc3ccc(F)cc32)CCCCC1. The summed E-state index contributed by atoms with van der Waals surface area (Å²) in [7, 11) is 0. The van der Waals surface area contributed by atoms with Crippen molar-refractivity contribution in [2.24, 2.45) is 5.73 Å². The van der Waals surface area contributed by atoms with E-state index in [1.54, 1.807) is 12.1 Å². The molecule has 2 nitrogen and oxygen atoms in total. The van der Waals surface area contributed by atoms with Gasteiger partial charge in [0.1, 0.15) is 5.82 Å². The van der Waals surface area contributed by atoms with Crippen LogP contribution in [0.5, 0.6) is 0 Å². The van der Waals surface area contributed by atoms with E-state index in [0.29, 0.717) is 0 Å². The Labute approximate surface area is 108 Å². The minimum Gasteiger partial charge on any atom is -0.369 e. The Morgan fingerprint density at radius 3 is 2.78 bits per heavy atom. The van der Waals surface area contributed by atoms with Gasteiger partial charge in [0.15, 0.2) is 0 Å². The van der Waals surface area contributed by atoms with E-state index in [4.69, 9.17) is 5.73 Å². The molecule has 0 aromatic heterocycles. The molecule has 1 saturated carbocycles. The van der Waals surface area contributed by atoms with Crippen molar-refractivity contribution in [3.8, 4) is 0 Å². The summed E-state index contributed by atoms with van der Waals surface area (Å²) in [6, 6.07) is 5.13. The van der Waals surface area contributed by atoms with Gasteiger partial charge in [-0.05, 0) is 37.0 Å². The summed E-state index contributed by atoms with van der Waals surface area (Å²) in [6.07, 6.45) is 7.01. The van der Waals surface area contributed by atoms with Crippen LogP contribution in [0.2, 0.25) is 0 Å².